The summed E-state index contributed by atoms with van der Waals surface area (Å²) in [6, 6.07) is 7.75. The van der Waals surface area contributed by atoms with Gasteiger partial charge in [-0.3, -0.25) is 4.79 Å². The van der Waals surface area contributed by atoms with Crippen LogP contribution in [0.3, 0.4) is 0 Å². The van der Waals surface area contributed by atoms with Gasteiger partial charge in [0.25, 0.3) is 5.91 Å². The molecule has 0 fully saturated rings. The minimum absolute atomic E-state index is 0.180. The largest absolute Gasteiger partial charge is 0.372 e. The van der Waals surface area contributed by atoms with Crippen molar-refractivity contribution in [2.75, 3.05) is 24.3 Å². The van der Waals surface area contributed by atoms with Gasteiger partial charge in [0.05, 0.1) is 12.4 Å². The Balaban J connectivity index is 2.23. The number of benzene rings is 1. The molecule has 1 aromatic heterocycles. The zero-order valence-corrected chi connectivity index (χ0v) is 11.2. The van der Waals surface area contributed by atoms with Crippen LogP contribution in [-0.2, 0) is 0 Å². The Bertz CT molecular complexity index is 580. The predicted molar refractivity (Wildman–Crippen MR) is 75.5 cm³/mol. The number of carbonyl (C=O) groups is 1. The van der Waals surface area contributed by atoms with Crippen molar-refractivity contribution >= 4 is 17.4 Å². The lowest BCUT2D eigenvalue weighted by Gasteiger charge is -2.17. The summed E-state index contributed by atoms with van der Waals surface area (Å²) in [7, 11) is 3.48. The summed E-state index contributed by atoms with van der Waals surface area (Å²) in [5.41, 5.74) is 2.27. The van der Waals surface area contributed by atoms with Crippen molar-refractivity contribution in [2.24, 2.45) is 0 Å². The van der Waals surface area contributed by atoms with E-state index < -0.39 is 0 Å². The molecule has 1 heterocycles. The van der Waals surface area contributed by atoms with Crippen LogP contribution in [0, 0.1) is 6.92 Å². The smallest absolute Gasteiger partial charge is 0.278 e. The van der Waals surface area contributed by atoms with Crippen LogP contribution in [-0.4, -0.2) is 30.0 Å². The van der Waals surface area contributed by atoms with Gasteiger partial charge in [0.2, 0.25) is 0 Å². The molecule has 2 rings (SSSR count). The fourth-order valence-corrected chi connectivity index (χ4v) is 1.69. The molecule has 0 unspecified atom stereocenters. The van der Waals surface area contributed by atoms with Crippen LogP contribution in [0.2, 0.25) is 0 Å². The molecule has 0 aliphatic rings. The highest BCUT2D eigenvalue weighted by Gasteiger charge is 2.15. The minimum Gasteiger partial charge on any atom is -0.372 e. The summed E-state index contributed by atoms with van der Waals surface area (Å²) in [5.74, 6) is 0.454. The van der Waals surface area contributed by atoms with E-state index in [1.165, 1.54) is 12.4 Å². The quantitative estimate of drug-likeness (QED) is 0.913. The lowest BCUT2D eigenvalue weighted by atomic mass is 10.2. The molecule has 2 aromatic rings. The average molecular weight is 256 g/mol. The van der Waals surface area contributed by atoms with E-state index in [1.807, 2.05) is 31.2 Å². The van der Waals surface area contributed by atoms with Gasteiger partial charge in [-0.2, -0.15) is 0 Å². The van der Waals surface area contributed by atoms with Crippen molar-refractivity contribution in [3.05, 3.63) is 47.9 Å². The Morgan fingerprint density at radius 3 is 2.63 bits per heavy atom. The van der Waals surface area contributed by atoms with Crippen LogP contribution in [0.25, 0.3) is 0 Å². The fourth-order valence-electron chi connectivity index (χ4n) is 1.69. The van der Waals surface area contributed by atoms with Gasteiger partial charge >= 0.3 is 0 Å². The SMILES string of the molecule is CNc1cnc(C(=O)N(C)c2cccc(C)c2)cn1. The molecule has 0 aliphatic carbocycles. The molecular weight excluding hydrogens is 240 g/mol. The molecule has 5 heteroatoms. The number of anilines is 2. The third kappa shape index (κ3) is 2.88. The molecular formula is C14H16N4O. The van der Waals surface area contributed by atoms with Crippen molar-refractivity contribution in [1.29, 1.82) is 0 Å². The van der Waals surface area contributed by atoms with Gasteiger partial charge in [0, 0.05) is 19.8 Å². The molecule has 1 N–H and O–H groups in total. The van der Waals surface area contributed by atoms with Crippen molar-refractivity contribution in [2.45, 2.75) is 6.92 Å². The number of hydrogen-bond acceptors (Lipinski definition) is 4. The molecule has 0 saturated heterocycles. The molecule has 0 aliphatic heterocycles. The topological polar surface area (TPSA) is 58.1 Å². The highest BCUT2D eigenvalue weighted by atomic mass is 16.2. The van der Waals surface area contributed by atoms with Crippen molar-refractivity contribution < 1.29 is 4.79 Å². The molecule has 19 heavy (non-hydrogen) atoms. The van der Waals surface area contributed by atoms with Crippen molar-refractivity contribution in [1.82, 2.24) is 9.97 Å². The zero-order valence-electron chi connectivity index (χ0n) is 11.2. The lowest BCUT2D eigenvalue weighted by Crippen LogP contribution is -2.27. The second-order valence-electron chi connectivity index (χ2n) is 4.24. The Kier molecular flexibility index (Phi) is 3.75. The zero-order chi connectivity index (χ0) is 13.8. The number of nitrogens with one attached hydrogen (secondary N) is 1. The monoisotopic (exact) mass is 256 g/mol. The fraction of sp³-hybridized carbons (Fsp3) is 0.214. The predicted octanol–water partition coefficient (Wildman–Crippen LogP) is 2.10. The Labute approximate surface area is 112 Å². The highest BCUT2D eigenvalue weighted by molar-refractivity contribution is 6.04. The third-order valence-corrected chi connectivity index (χ3v) is 2.82. The second-order valence-corrected chi connectivity index (χ2v) is 4.24. The van der Waals surface area contributed by atoms with E-state index in [9.17, 15) is 4.79 Å². The number of rotatable bonds is 3. The Hall–Kier alpha value is -2.43. The first kappa shape index (κ1) is 13.0. The molecule has 0 spiro atoms. The van der Waals surface area contributed by atoms with E-state index in [4.69, 9.17) is 0 Å². The van der Waals surface area contributed by atoms with Crippen LogP contribution in [0.1, 0.15) is 16.1 Å². The summed E-state index contributed by atoms with van der Waals surface area (Å²) in [5, 5.41) is 2.86. The molecule has 0 bridgehead atoms. The van der Waals surface area contributed by atoms with E-state index in [1.54, 1.807) is 19.0 Å². The first-order valence-electron chi connectivity index (χ1n) is 5.96. The van der Waals surface area contributed by atoms with E-state index >= 15 is 0 Å². The first-order valence-corrected chi connectivity index (χ1v) is 5.96. The summed E-state index contributed by atoms with van der Waals surface area (Å²) in [6.07, 6.45) is 3.01. The maximum Gasteiger partial charge on any atom is 0.278 e. The number of aryl methyl sites for hydroxylation is 1. The van der Waals surface area contributed by atoms with Gasteiger partial charge in [0.15, 0.2) is 0 Å². The molecule has 0 radical (unpaired) electrons. The number of amides is 1. The normalized spacial score (nSPS) is 10.1. The number of carbonyl (C=O) groups excluding carboxylic acids is 1. The van der Waals surface area contributed by atoms with E-state index in [2.05, 4.69) is 15.3 Å². The Morgan fingerprint density at radius 2 is 2.05 bits per heavy atom. The minimum atomic E-state index is -0.180. The van der Waals surface area contributed by atoms with Gasteiger partial charge in [-0.1, -0.05) is 12.1 Å². The van der Waals surface area contributed by atoms with Crippen LogP contribution in [0.4, 0.5) is 11.5 Å². The van der Waals surface area contributed by atoms with Gasteiger partial charge in [-0.15, -0.1) is 0 Å². The number of aromatic nitrogens is 2. The summed E-state index contributed by atoms with van der Waals surface area (Å²) < 4.78 is 0. The second kappa shape index (κ2) is 5.48. The lowest BCUT2D eigenvalue weighted by molar-refractivity contribution is 0.0988. The molecule has 1 aromatic carbocycles. The van der Waals surface area contributed by atoms with Crippen LogP contribution >= 0.6 is 0 Å². The standard InChI is InChI=1S/C14H16N4O/c1-10-5-4-6-11(7-10)18(3)14(19)12-8-17-13(15-2)9-16-12/h4-9H,1-3H3,(H,15,17). The van der Waals surface area contributed by atoms with Crippen molar-refractivity contribution in [3.8, 4) is 0 Å². The first-order chi connectivity index (χ1) is 9.11. The van der Waals surface area contributed by atoms with Gasteiger partial charge in [-0.25, -0.2) is 9.97 Å². The summed E-state index contributed by atoms with van der Waals surface area (Å²) >= 11 is 0. The molecule has 1 amide bonds. The van der Waals surface area contributed by atoms with Crippen molar-refractivity contribution in [3.63, 3.8) is 0 Å². The number of hydrogen-bond donors (Lipinski definition) is 1. The van der Waals surface area contributed by atoms with E-state index in [-0.39, 0.29) is 5.91 Å². The molecule has 98 valence electrons. The molecule has 0 saturated carbocycles. The summed E-state index contributed by atoms with van der Waals surface area (Å²) in [6.45, 7) is 1.99. The molecule has 5 nitrogen and oxygen atoms in total. The van der Waals surface area contributed by atoms with Gasteiger partial charge < -0.3 is 10.2 Å². The molecule has 0 atom stereocenters. The van der Waals surface area contributed by atoms with Crippen LogP contribution in [0.5, 0.6) is 0 Å². The van der Waals surface area contributed by atoms with E-state index in [0.717, 1.165) is 11.3 Å². The Morgan fingerprint density at radius 1 is 1.26 bits per heavy atom. The maximum atomic E-state index is 12.3. The van der Waals surface area contributed by atoms with Crippen LogP contribution in [0.15, 0.2) is 36.7 Å². The third-order valence-electron chi connectivity index (χ3n) is 2.82. The number of nitrogens with zero attached hydrogens (tertiary/aromatic N) is 3. The average Bonchev–Trinajstić information content (AvgIpc) is 2.46. The van der Waals surface area contributed by atoms with Gasteiger partial charge in [-0.05, 0) is 24.6 Å². The summed E-state index contributed by atoms with van der Waals surface area (Å²) in [4.78, 5) is 22.0. The van der Waals surface area contributed by atoms with Crippen LogP contribution < -0.4 is 10.2 Å². The van der Waals surface area contributed by atoms with Gasteiger partial charge in [0.1, 0.15) is 11.5 Å². The highest BCUT2D eigenvalue weighted by Crippen LogP contribution is 2.16. The van der Waals surface area contributed by atoms with E-state index in [0.29, 0.717) is 11.5 Å². The maximum absolute atomic E-state index is 12.3.